The average molecular weight is 355 g/mol. The largest absolute Gasteiger partial charge is 0.481 e. The SMILES string of the molecule is Cc1c(CC(=O)O)c2c(-c3ccccc3)cccc2n1Cc1ccccc1. The first-order chi connectivity index (χ1) is 13.1. The number of carbonyl (C=O) groups is 1. The van der Waals surface area contributed by atoms with Crippen molar-refractivity contribution >= 4 is 16.9 Å². The van der Waals surface area contributed by atoms with Crippen molar-refractivity contribution in [1.82, 2.24) is 4.57 Å². The molecule has 1 aromatic heterocycles. The van der Waals surface area contributed by atoms with E-state index in [4.69, 9.17) is 0 Å². The monoisotopic (exact) mass is 355 g/mol. The number of rotatable bonds is 5. The summed E-state index contributed by atoms with van der Waals surface area (Å²) < 4.78 is 2.23. The summed E-state index contributed by atoms with van der Waals surface area (Å²) in [5.74, 6) is -0.806. The summed E-state index contributed by atoms with van der Waals surface area (Å²) >= 11 is 0. The quantitative estimate of drug-likeness (QED) is 0.528. The molecule has 1 N–H and O–H groups in total. The van der Waals surface area contributed by atoms with E-state index in [0.717, 1.165) is 39.8 Å². The summed E-state index contributed by atoms with van der Waals surface area (Å²) in [5.41, 5.74) is 6.37. The molecular weight excluding hydrogens is 334 g/mol. The van der Waals surface area contributed by atoms with Crippen LogP contribution in [-0.2, 0) is 17.8 Å². The minimum Gasteiger partial charge on any atom is -0.481 e. The molecule has 4 rings (SSSR count). The first-order valence-electron chi connectivity index (χ1n) is 9.07. The number of carboxylic acids is 1. The van der Waals surface area contributed by atoms with Gasteiger partial charge in [0, 0.05) is 23.1 Å². The molecule has 0 saturated carbocycles. The third kappa shape index (κ3) is 3.24. The minimum absolute atomic E-state index is 0.0218. The zero-order valence-corrected chi connectivity index (χ0v) is 15.2. The van der Waals surface area contributed by atoms with E-state index in [1.807, 2.05) is 43.3 Å². The third-order valence-electron chi connectivity index (χ3n) is 5.07. The topological polar surface area (TPSA) is 42.2 Å². The second-order valence-corrected chi connectivity index (χ2v) is 6.77. The molecule has 0 amide bonds. The first kappa shape index (κ1) is 17.1. The van der Waals surface area contributed by atoms with Gasteiger partial charge in [0.05, 0.1) is 6.42 Å². The molecule has 0 unspecified atom stereocenters. The molecule has 27 heavy (non-hydrogen) atoms. The summed E-state index contributed by atoms with van der Waals surface area (Å²) in [6.07, 6.45) is 0.0218. The van der Waals surface area contributed by atoms with Gasteiger partial charge in [0.15, 0.2) is 0 Å². The number of aliphatic carboxylic acids is 1. The Hall–Kier alpha value is -3.33. The summed E-state index contributed by atoms with van der Waals surface area (Å²) in [5, 5.41) is 10.5. The lowest BCUT2D eigenvalue weighted by Crippen LogP contribution is -2.05. The van der Waals surface area contributed by atoms with Crippen LogP contribution in [0.2, 0.25) is 0 Å². The number of hydrogen-bond acceptors (Lipinski definition) is 1. The van der Waals surface area contributed by atoms with Crippen LogP contribution in [0.4, 0.5) is 0 Å². The Balaban J connectivity index is 1.97. The van der Waals surface area contributed by atoms with Crippen molar-refractivity contribution in [1.29, 1.82) is 0 Å². The maximum absolute atomic E-state index is 11.6. The lowest BCUT2D eigenvalue weighted by molar-refractivity contribution is -0.136. The second-order valence-electron chi connectivity index (χ2n) is 6.77. The van der Waals surface area contributed by atoms with Gasteiger partial charge in [-0.25, -0.2) is 0 Å². The molecule has 0 saturated heterocycles. The van der Waals surface area contributed by atoms with E-state index in [1.54, 1.807) is 0 Å². The molecule has 0 aliphatic carbocycles. The summed E-state index contributed by atoms with van der Waals surface area (Å²) in [4.78, 5) is 11.6. The molecule has 0 aliphatic rings. The van der Waals surface area contributed by atoms with Crippen molar-refractivity contribution in [2.75, 3.05) is 0 Å². The molecule has 0 radical (unpaired) electrons. The van der Waals surface area contributed by atoms with Crippen LogP contribution in [0.5, 0.6) is 0 Å². The molecule has 4 aromatic rings. The molecule has 0 aliphatic heterocycles. The molecule has 1 heterocycles. The van der Waals surface area contributed by atoms with E-state index in [9.17, 15) is 9.90 Å². The van der Waals surface area contributed by atoms with Crippen LogP contribution in [0.1, 0.15) is 16.8 Å². The predicted octanol–water partition coefficient (Wildman–Crippen LogP) is 5.29. The summed E-state index contributed by atoms with van der Waals surface area (Å²) in [7, 11) is 0. The highest BCUT2D eigenvalue weighted by atomic mass is 16.4. The van der Waals surface area contributed by atoms with Crippen molar-refractivity contribution in [3.05, 3.63) is 95.7 Å². The number of hydrogen-bond donors (Lipinski definition) is 1. The van der Waals surface area contributed by atoms with Crippen LogP contribution in [-0.4, -0.2) is 15.6 Å². The van der Waals surface area contributed by atoms with Crippen LogP contribution in [0.15, 0.2) is 78.9 Å². The summed E-state index contributed by atoms with van der Waals surface area (Å²) in [6, 6.07) is 26.7. The minimum atomic E-state index is -0.806. The molecule has 0 bridgehead atoms. The van der Waals surface area contributed by atoms with Crippen molar-refractivity contribution in [2.24, 2.45) is 0 Å². The van der Waals surface area contributed by atoms with Crippen LogP contribution < -0.4 is 0 Å². The van der Waals surface area contributed by atoms with Crippen LogP contribution in [0.25, 0.3) is 22.0 Å². The number of benzene rings is 3. The molecule has 134 valence electrons. The van der Waals surface area contributed by atoms with Gasteiger partial charge < -0.3 is 9.67 Å². The molecule has 0 atom stereocenters. The lowest BCUT2D eigenvalue weighted by atomic mass is 9.97. The Labute approximate surface area is 158 Å². The average Bonchev–Trinajstić information content (AvgIpc) is 2.95. The van der Waals surface area contributed by atoms with E-state index < -0.39 is 5.97 Å². The van der Waals surface area contributed by atoms with Gasteiger partial charge >= 0.3 is 5.97 Å². The fourth-order valence-corrected chi connectivity index (χ4v) is 3.80. The Morgan fingerprint density at radius 2 is 1.56 bits per heavy atom. The Bertz CT molecular complexity index is 1100. The second kappa shape index (κ2) is 7.12. The molecular formula is C24H21NO2. The molecule has 3 heteroatoms. The molecule has 0 spiro atoms. The summed E-state index contributed by atoms with van der Waals surface area (Å²) in [6.45, 7) is 2.75. The first-order valence-corrected chi connectivity index (χ1v) is 9.07. The van der Waals surface area contributed by atoms with Gasteiger partial charge in [0.2, 0.25) is 0 Å². The van der Waals surface area contributed by atoms with Crippen molar-refractivity contribution in [3.8, 4) is 11.1 Å². The number of carboxylic acid groups (broad SMARTS) is 1. The van der Waals surface area contributed by atoms with Crippen LogP contribution in [0.3, 0.4) is 0 Å². The fraction of sp³-hybridized carbons (Fsp3) is 0.125. The number of fused-ring (bicyclic) bond motifs is 1. The van der Waals surface area contributed by atoms with Gasteiger partial charge in [-0.15, -0.1) is 0 Å². The van der Waals surface area contributed by atoms with Crippen LogP contribution >= 0.6 is 0 Å². The van der Waals surface area contributed by atoms with E-state index in [-0.39, 0.29) is 6.42 Å². The van der Waals surface area contributed by atoms with Gasteiger partial charge in [0.25, 0.3) is 0 Å². The van der Waals surface area contributed by atoms with Crippen molar-refractivity contribution in [3.63, 3.8) is 0 Å². The van der Waals surface area contributed by atoms with Gasteiger partial charge in [0.1, 0.15) is 0 Å². The van der Waals surface area contributed by atoms with Gasteiger partial charge in [-0.2, -0.15) is 0 Å². The van der Waals surface area contributed by atoms with E-state index in [0.29, 0.717) is 0 Å². The molecule has 0 fully saturated rings. The third-order valence-corrected chi connectivity index (χ3v) is 5.07. The molecule has 3 aromatic carbocycles. The van der Waals surface area contributed by atoms with Crippen molar-refractivity contribution < 1.29 is 9.90 Å². The smallest absolute Gasteiger partial charge is 0.307 e. The van der Waals surface area contributed by atoms with Gasteiger partial charge in [-0.3, -0.25) is 4.79 Å². The zero-order chi connectivity index (χ0) is 18.8. The van der Waals surface area contributed by atoms with Crippen molar-refractivity contribution in [2.45, 2.75) is 19.9 Å². The normalized spacial score (nSPS) is 11.0. The number of nitrogens with zero attached hydrogens (tertiary/aromatic N) is 1. The molecule has 3 nitrogen and oxygen atoms in total. The Morgan fingerprint density at radius 3 is 2.22 bits per heavy atom. The van der Waals surface area contributed by atoms with Crippen LogP contribution in [0, 0.1) is 6.92 Å². The Morgan fingerprint density at radius 1 is 0.889 bits per heavy atom. The van der Waals surface area contributed by atoms with E-state index in [1.165, 1.54) is 5.56 Å². The van der Waals surface area contributed by atoms with Gasteiger partial charge in [-0.1, -0.05) is 72.8 Å². The highest BCUT2D eigenvalue weighted by molar-refractivity contribution is 6.00. The lowest BCUT2D eigenvalue weighted by Gasteiger charge is -2.09. The van der Waals surface area contributed by atoms with E-state index in [2.05, 4.69) is 47.0 Å². The zero-order valence-electron chi connectivity index (χ0n) is 15.2. The predicted molar refractivity (Wildman–Crippen MR) is 109 cm³/mol. The van der Waals surface area contributed by atoms with Gasteiger partial charge in [-0.05, 0) is 35.2 Å². The fourth-order valence-electron chi connectivity index (χ4n) is 3.80. The maximum Gasteiger partial charge on any atom is 0.307 e. The van der Waals surface area contributed by atoms with E-state index >= 15 is 0 Å². The Kier molecular flexibility index (Phi) is 4.51. The number of aromatic nitrogens is 1. The maximum atomic E-state index is 11.6. The highest BCUT2D eigenvalue weighted by Gasteiger charge is 2.19. The standard InChI is InChI=1S/C24H21NO2/c1-17-21(15-23(26)27)24-20(19-11-6-3-7-12-19)13-8-14-22(24)25(17)16-18-9-4-2-5-10-18/h2-14H,15-16H2,1H3,(H,26,27). The highest BCUT2D eigenvalue weighted by Crippen LogP contribution is 2.35.